The van der Waals surface area contributed by atoms with Gasteiger partial charge in [-0.1, -0.05) is 30.7 Å². The van der Waals surface area contributed by atoms with Gasteiger partial charge < -0.3 is 10.1 Å². The number of carbonyl (C=O) groups is 1. The number of carbonyl (C=O) groups excluding carboxylic acids is 1. The van der Waals surface area contributed by atoms with Crippen molar-refractivity contribution < 1.29 is 9.53 Å². The molecule has 0 heterocycles. The lowest BCUT2D eigenvalue weighted by Gasteiger charge is -2.14. The van der Waals surface area contributed by atoms with Crippen molar-refractivity contribution in [3.8, 4) is 5.75 Å². The molecule has 0 bridgehead atoms. The summed E-state index contributed by atoms with van der Waals surface area (Å²) < 4.78 is 6.48. The highest BCUT2D eigenvalue weighted by Crippen LogP contribution is 2.26. The van der Waals surface area contributed by atoms with E-state index in [2.05, 4.69) is 40.3 Å². The topological polar surface area (TPSA) is 38.3 Å². The van der Waals surface area contributed by atoms with E-state index >= 15 is 0 Å². The van der Waals surface area contributed by atoms with Gasteiger partial charge in [0.1, 0.15) is 5.75 Å². The lowest BCUT2D eigenvalue weighted by atomic mass is 10.1. The molecule has 0 unspecified atom stereocenters. The minimum absolute atomic E-state index is 0.0170. The maximum atomic E-state index is 12.2. The SMILES string of the molecule is CCc1ccc(OCC(=O)Nc2c(C)cc(C)cc2C)c(Br)c1. The van der Waals surface area contributed by atoms with E-state index in [1.165, 1.54) is 11.1 Å². The van der Waals surface area contributed by atoms with Gasteiger partial charge in [-0.05, 0) is 71.9 Å². The summed E-state index contributed by atoms with van der Waals surface area (Å²) >= 11 is 3.48. The van der Waals surface area contributed by atoms with E-state index in [1.807, 2.05) is 39.0 Å². The summed E-state index contributed by atoms with van der Waals surface area (Å²) in [5.41, 5.74) is 5.40. The highest BCUT2D eigenvalue weighted by atomic mass is 79.9. The summed E-state index contributed by atoms with van der Waals surface area (Å²) in [6, 6.07) is 10.0. The van der Waals surface area contributed by atoms with Crippen LogP contribution >= 0.6 is 15.9 Å². The predicted molar refractivity (Wildman–Crippen MR) is 98.3 cm³/mol. The first-order valence-electron chi connectivity index (χ1n) is 7.69. The number of hydrogen-bond acceptors (Lipinski definition) is 2. The molecule has 2 rings (SSSR count). The smallest absolute Gasteiger partial charge is 0.262 e. The van der Waals surface area contributed by atoms with Gasteiger partial charge in [0.2, 0.25) is 0 Å². The Morgan fingerprint density at radius 1 is 1.13 bits per heavy atom. The van der Waals surface area contributed by atoms with E-state index < -0.39 is 0 Å². The number of hydrogen-bond donors (Lipinski definition) is 1. The highest BCUT2D eigenvalue weighted by molar-refractivity contribution is 9.10. The quantitative estimate of drug-likeness (QED) is 0.802. The molecule has 3 nitrogen and oxygen atoms in total. The Morgan fingerprint density at radius 2 is 1.78 bits per heavy atom. The molecule has 2 aromatic rings. The number of aryl methyl sites for hydroxylation is 4. The molecule has 0 aliphatic carbocycles. The third-order valence-electron chi connectivity index (χ3n) is 3.70. The third kappa shape index (κ3) is 4.58. The summed E-state index contributed by atoms with van der Waals surface area (Å²) in [6.45, 7) is 8.12. The molecule has 0 aliphatic rings. The highest BCUT2D eigenvalue weighted by Gasteiger charge is 2.10. The Labute approximate surface area is 146 Å². The second kappa shape index (κ2) is 7.64. The molecule has 0 atom stereocenters. The first-order chi connectivity index (χ1) is 10.9. The van der Waals surface area contributed by atoms with E-state index in [0.717, 1.165) is 27.7 Å². The summed E-state index contributed by atoms with van der Waals surface area (Å²) in [5, 5.41) is 2.94. The van der Waals surface area contributed by atoms with Crippen LogP contribution < -0.4 is 10.1 Å². The zero-order valence-corrected chi connectivity index (χ0v) is 15.6. The molecule has 122 valence electrons. The molecular formula is C19H22BrNO2. The number of amides is 1. The summed E-state index contributed by atoms with van der Waals surface area (Å²) in [5.74, 6) is 0.515. The van der Waals surface area contributed by atoms with E-state index in [0.29, 0.717) is 5.75 Å². The second-order valence-electron chi connectivity index (χ2n) is 5.73. The Kier molecular flexibility index (Phi) is 5.83. The van der Waals surface area contributed by atoms with Gasteiger partial charge >= 0.3 is 0 Å². The maximum absolute atomic E-state index is 12.2. The molecule has 1 N–H and O–H groups in total. The van der Waals surface area contributed by atoms with Crippen LogP contribution in [0, 0.1) is 20.8 Å². The monoisotopic (exact) mass is 375 g/mol. The fraction of sp³-hybridized carbons (Fsp3) is 0.316. The van der Waals surface area contributed by atoms with Crippen molar-refractivity contribution in [3.63, 3.8) is 0 Å². The van der Waals surface area contributed by atoms with E-state index in [-0.39, 0.29) is 12.5 Å². The first-order valence-corrected chi connectivity index (χ1v) is 8.49. The van der Waals surface area contributed by atoms with Gasteiger partial charge in [0.05, 0.1) is 4.47 Å². The van der Waals surface area contributed by atoms with Gasteiger partial charge in [-0.25, -0.2) is 0 Å². The van der Waals surface area contributed by atoms with Crippen LogP contribution in [0.2, 0.25) is 0 Å². The van der Waals surface area contributed by atoms with Crippen molar-refractivity contribution in [3.05, 3.63) is 57.1 Å². The molecule has 0 saturated carbocycles. The second-order valence-corrected chi connectivity index (χ2v) is 6.58. The predicted octanol–water partition coefficient (Wildman–Crippen LogP) is 4.95. The normalized spacial score (nSPS) is 10.5. The summed E-state index contributed by atoms with van der Waals surface area (Å²) in [4.78, 5) is 12.2. The maximum Gasteiger partial charge on any atom is 0.262 e. The van der Waals surface area contributed by atoms with Gasteiger partial charge in [-0.15, -0.1) is 0 Å². The molecule has 4 heteroatoms. The van der Waals surface area contributed by atoms with Crippen molar-refractivity contribution in [1.29, 1.82) is 0 Å². The van der Waals surface area contributed by atoms with Crippen molar-refractivity contribution in [1.82, 2.24) is 0 Å². The van der Waals surface area contributed by atoms with E-state index in [4.69, 9.17) is 4.74 Å². The van der Waals surface area contributed by atoms with Crippen molar-refractivity contribution >= 4 is 27.5 Å². The molecule has 1 amide bonds. The van der Waals surface area contributed by atoms with Crippen LogP contribution in [0.15, 0.2) is 34.8 Å². The zero-order chi connectivity index (χ0) is 17.0. The number of nitrogens with one attached hydrogen (secondary N) is 1. The van der Waals surface area contributed by atoms with Crippen LogP contribution in [-0.2, 0) is 11.2 Å². The van der Waals surface area contributed by atoms with Crippen molar-refractivity contribution in [2.45, 2.75) is 34.1 Å². The van der Waals surface area contributed by atoms with Crippen LogP contribution in [0.25, 0.3) is 0 Å². The number of ether oxygens (including phenoxy) is 1. The van der Waals surface area contributed by atoms with Gasteiger partial charge in [0.25, 0.3) is 5.91 Å². The molecule has 0 saturated heterocycles. The summed E-state index contributed by atoms with van der Waals surface area (Å²) in [7, 11) is 0. The van der Waals surface area contributed by atoms with Gasteiger partial charge in [-0.3, -0.25) is 4.79 Å². The average molecular weight is 376 g/mol. The first kappa shape index (κ1) is 17.5. The number of anilines is 1. The minimum atomic E-state index is -0.161. The molecular weight excluding hydrogens is 354 g/mol. The molecule has 2 aromatic carbocycles. The van der Waals surface area contributed by atoms with Gasteiger partial charge in [0.15, 0.2) is 6.61 Å². The lowest BCUT2D eigenvalue weighted by molar-refractivity contribution is -0.118. The molecule has 0 aliphatic heterocycles. The fourth-order valence-corrected chi connectivity index (χ4v) is 3.12. The van der Waals surface area contributed by atoms with Crippen LogP contribution in [0.1, 0.15) is 29.2 Å². The van der Waals surface area contributed by atoms with Crippen molar-refractivity contribution in [2.75, 3.05) is 11.9 Å². The standard InChI is InChI=1S/C19H22BrNO2/c1-5-15-6-7-17(16(20)10-15)23-11-18(22)21-19-13(3)8-12(2)9-14(19)4/h6-10H,5,11H2,1-4H3,(H,21,22). The minimum Gasteiger partial charge on any atom is -0.483 e. The van der Waals surface area contributed by atoms with Gasteiger partial charge in [0, 0.05) is 5.69 Å². The number of rotatable bonds is 5. The van der Waals surface area contributed by atoms with E-state index in [1.54, 1.807) is 0 Å². The van der Waals surface area contributed by atoms with Crippen molar-refractivity contribution in [2.24, 2.45) is 0 Å². The van der Waals surface area contributed by atoms with Gasteiger partial charge in [-0.2, -0.15) is 0 Å². The molecule has 0 aromatic heterocycles. The largest absolute Gasteiger partial charge is 0.483 e. The van der Waals surface area contributed by atoms with Crippen LogP contribution in [0.5, 0.6) is 5.75 Å². The number of halogens is 1. The third-order valence-corrected chi connectivity index (χ3v) is 4.32. The van der Waals surface area contributed by atoms with Crippen LogP contribution in [0.4, 0.5) is 5.69 Å². The Bertz CT molecular complexity index is 702. The molecule has 0 fully saturated rings. The molecule has 0 spiro atoms. The Balaban J connectivity index is 2.01. The zero-order valence-electron chi connectivity index (χ0n) is 14.0. The molecule has 23 heavy (non-hydrogen) atoms. The summed E-state index contributed by atoms with van der Waals surface area (Å²) in [6.07, 6.45) is 0.964. The van der Waals surface area contributed by atoms with Crippen LogP contribution in [-0.4, -0.2) is 12.5 Å². The van der Waals surface area contributed by atoms with E-state index in [9.17, 15) is 4.79 Å². The fourth-order valence-electron chi connectivity index (χ4n) is 2.58. The number of benzene rings is 2. The lowest BCUT2D eigenvalue weighted by Crippen LogP contribution is -2.21. The average Bonchev–Trinajstić information content (AvgIpc) is 2.49. The molecule has 0 radical (unpaired) electrons. The Morgan fingerprint density at radius 3 is 2.35 bits per heavy atom. The Hall–Kier alpha value is -1.81. The van der Waals surface area contributed by atoms with Crippen LogP contribution in [0.3, 0.4) is 0 Å².